The van der Waals surface area contributed by atoms with Gasteiger partial charge in [0.05, 0.1) is 23.0 Å². The monoisotopic (exact) mass is 437 g/mol. The number of aliphatic hydroxyl groups excluding tert-OH is 1. The number of nitrogens with one attached hydrogen (secondary N) is 1. The Bertz CT molecular complexity index is 1160. The van der Waals surface area contributed by atoms with Crippen LogP contribution >= 0.6 is 11.3 Å². The molecule has 0 fully saturated rings. The molecule has 4 N–H and O–H groups in total. The Hall–Kier alpha value is -3.27. The normalized spacial score (nSPS) is 11.0. The number of benzene rings is 2. The minimum atomic E-state index is -0.214. The zero-order valence-corrected chi connectivity index (χ0v) is 17.6. The number of rotatable bonds is 9. The van der Waals surface area contributed by atoms with E-state index in [1.54, 1.807) is 11.1 Å². The number of aliphatic hydroxyl groups is 1. The fourth-order valence-corrected chi connectivity index (χ4v) is 4.22. The highest BCUT2D eigenvalue weighted by Crippen LogP contribution is 2.29. The van der Waals surface area contributed by atoms with E-state index in [0.29, 0.717) is 30.5 Å². The molecule has 0 aliphatic rings. The third-order valence-corrected chi connectivity index (χ3v) is 5.72. The summed E-state index contributed by atoms with van der Waals surface area (Å²) in [5, 5.41) is 16.7. The highest BCUT2D eigenvalue weighted by Gasteiger charge is 2.20. The summed E-state index contributed by atoms with van der Waals surface area (Å²) in [6.07, 6.45) is 3.57. The van der Waals surface area contributed by atoms with Crippen LogP contribution in [0, 0.1) is 0 Å². The first-order valence-electron chi connectivity index (χ1n) is 9.89. The van der Waals surface area contributed by atoms with Crippen LogP contribution in [0.5, 0.6) is 5.75 Å². The third-order valence-electron chi connectivity index (χ3n) is 4.72. The number of aromatic amines is 1. The number of hydrogen-bond acceptors (Lipinski definition) is 7. The van der Waals surface area contributed by atoms with Gasteiger partial charge in [-0.25, -0.2) is 4.98 Å². The molecule has 4 rings (SSSR count). The van der Waals surface area contributed by atoms with Crippen LogP contribution in [0.1, 0.15) is 15.4 Å². The lowest BCUT2D eigenvalue weighted by atomic mass is 10.1. The molecule has 0 atom stereocenters. The number of H-pyrrole nitrogens is 1. The molecule has 0 saturated carbocycles. The number of ether oxygens (including phenoxy) is 1. The molecule has 4 aromatic rings. The molecule has 0 aliphatic heterocycles. The van der Waals surface area contributed by atoms with Crippen LogP contribution in [0.25, 0.3) is 21.3 Å². The maximum atomic E-state index is 13.2. The van der Waals surface area contributed by atoms with Crippen molar-refractivity contribution in [3.63, 3.8) is 0 Å². The Morgan fingerprint density at radius 2 is 2.13 bits per heavy atom. The molecule has 2 aromatic carbocycles. The molecule has 0 bridgehead atoms. The van der Waals surface area contributed by atoms with E-state index in [9.17, 15) is 9.90 Å². The van der Waals surface area contributed by atoms with Crippen molar-refractivity contribution >= 4 is 27.5 Å². The maximum Gasteiger partial charge on any atom is 0.283 e. The Kier molecular flexibility index (Phi) is 6.56. The third kappa shape index (κ3) is 4.91. The second-order valence-electron chi connectivity index (χ2n) is 6.92. The van der Waals surface area contributed by atoms with Crippen LogP contribution in [0.2, 0.25) is 0 Å². The molecule has 0 radical (unpaired) electrons. The first-order chi connectivity index (χ1) is 15.2. The summed E-state index contributed by atoms with van der Waals surface area (Å²) in [6, 6.07) is 13.4. The Morgan fingerprint density at radius 1 is 1.23 bits per heavy atom. The zero-order valence-electron chi connectivity index (χ0n) is 16.8. The molecule has 0 aliphatic carbocycles. The summed E-state index contributed by atoms with van der Waals surface area (Å²) < 4.78 is 6.49. The minimum absolute atomic E-state index is 0.134. The smallest absolute Gasteiger partial charge is 0.283 e. The lowest BCUT2D eigenvalue weighted by Crippen LogP contribution is -2.33. The molecule has 2 heterocycles. The van der Waals surface area contributed by atoms with E-state index < -0.39 is 0 Å². The molecule has 31 heavy (non-hydrogen) atoms. The predicted octanol–water partition coefficient (Wildman–Crippen LogP) is 2.66. The van der Waals surface area contributed by atoms with Crippen LogP contribution in [-0.4, -0.2) is 57.4 Å². The Balaban J connectivity index is 1.56. The second-order valence-corrected chi connectivity index (χ2v) is 7.95. The number of amides is 1. The molecular formula is C22H23N5O3S. The van der Waals surface area contributed by atoms with E-state index in [-0.39, 0.29) is 19.1 Å². The van der Waals surface area contributed by atoms with Crippen molar-refractivity contribution in [3.05, 3.63) is 65.4 Å². The van der Waals surface area contributed by atoms with Gasteiger partial charge >= 0.3 is 0 Å². The highest BCUT2D eigenvalue weighted by molar-refractivity contribution is 7.20. The summed E-state index contributed by atoms with van der Waals surface area (Å²) in [6.45, 7) is 1.28. The molecule has 8 nitrogen and oxygen atoms in total. The summed E-state index contributed by atoms with van der Waals surface area (Å²) in [7, 11) is 0. The molecule has 0 spiro atoms. The summed E-state index contributed by atoms with van der Waals surface area (Å²) in [4.78, 5) is 19.3. The fraction of sp³-hybridized carbons (Fsp3) is 0.227. The van der Waals surface area contributed by atoms with Gasteiger partial charge in [-0.2, -0.15) is 5.10 Å². The minimum Gasteiger partial charge on any atom is -0.492 e. The van der Waals surface area contributed by atoms with Crippen molar-refractivity contribution in [1.82, 2.24) is 20.1 Å². The maximum absolute atomic E-state index is 13.2. The average molecular weight is 438 g/mol. The molecule has 0 unspecified atom stereocenters. The van der Waals surface area contributed by atoms with Crippen LogP contribution in [0.3, 0.4) is 0 Å². The van der Waals surface area contributed by atoms with Crippen molar-refractivity contribution in [2.45, 2.75) is 6.54 Å². The van der Waals surface area contributed by atoms with Gasteiger partial charge in [0.15, 0.2) is 5.01 Å². The summed E-state index contributed by atoms with van der Waals surface area (Å²) in [5.74, 6) is 0.486. The van der Waals surface area contributed by atoms with E-state index in [4.69, 9.17) is 10.5 Å². The number of fused-ring (bicyclic) bond motifs is 1. The van der Waals surface area contributed by atoms with Gasteiger partial charge in [0, 0.05) is 31.4 Å². The summed E-state index contributed by atoms with van der Waals surface area (Å²) in [5.41, 5.74) is 9.14. The number of nitrogens with zero attached hydrogens (tertiary/aromatic N) is 3. The molecule has 0 saturated heterocycles. The number of carbonyl (C=O) groups excluding carboxylic acids is 1. The fourth-order valence-electron chi connectivity index (χ4n) is 3.24. The van der Waals surface area contributed by atoms with Crippen LogP contribution in [-0.2, 0) is 6.54 Å². The van der Waals surface area contributed by atoms with Crippen molar-refractivity contribution in [2.24, 2.45) is 5.73 Å². The quantitative estimate of drug-likeness (QED) is 0.371. The number of hydrogen-bond donors (Lipinski definition) is 3. The van der Waals surface area contributed by atoms with Crippen LogP contribution in [0.4, 0.5) is 0 Å². The summed E-state index contributed by atoms with van der Waals surface area (Å²) >= 11 is 1.34. The molecule has 9 heteroatoms. The zero-order chi connectivity index (χ0) is 21.6. The van der Waals surface area contributed by atoms with Gasteiger partial charge in [-0.3, -0.25) is 9.89 Å². The topological polar surface area (TPSA) is 117 Å². The van der Waals surface area contributed by atoms with E-state index in [2.05, 4.69) is 15.2 Å². The van der Waals surface area contributed by atoms with Crippen molar-refractivity contribution in [2.75, 3.05) is 26.3 Å². The lowest BCUT2D eigenvalue weighted by molar-refractivity contribution is 0.0707. The van der Waals surface area contributed by atoms with Crippen molar-refractivity contribution in [1.29, 1.82) is 0 Å². The number of aromatic nitrogens is 3. The van der Waals surface area contributed by atoms with Gasteiger partial charge in [0.2, 0.25) is 0 Å². The van der Waals surface area contributed by atoms with Gasteiger partial charge in [-0.15, -0.1) is 11.3 Å². The largest absolute Gasteiger partial charge is 0.492 e. The van der Waals surface area contributed by atoms with Crippen LogP contribution < -0.4 is 10.5 Å². The van der Waals surface area contributed by atoms with E-state index in [1.165, 1.54) is 11.3 Å². The number of thiazole rings is 1. The van der Waals surface area contributed by atoms with Gasteiger partial charge in [-0.1, -0.05) is 18.2 Å². The van der Waals surface area contributed by atoms with Gasteiger partial charge in [0.1, 0.15) is 12.4 Å². The second kappa shape index (κ2) is 9.69. The Labute approximate surface area is 183 Å². The molecular weight excluding hydrogens is 414 g/mol. The van der Waals surface area contributed by atoms with Crippen molar-refractivity contribution < 1.29 is 14.6 Å². The lowest BCUT2D eigenvalue weighted by Gasteiger charge is -2.21. The number of carbonyl (C=O) groups is 1. The first-order valence-corrected chi connectivity index (χ1v) is 10.7. The predicted molar refractivity (Wildman–Crippen MR) is 120 cm³/mol. The highest BCUT2D eigenvalue weighted by atomic mass is 32.1. The average Bonchev–Trinajstić information content (AvgIpc) is 3.46. The van der Waals surface area contributed by atoms with E-state index in [1.807, 2.05) is 48.7 Å². The van der Waals surface area contributed by atoms with Gasteiger partial charge in [0.25, 0.3) is 5.91 Å². The van der Waals surface area contributed by atoms with E-state index in [0.717, 1.165) is 26.9 Å². The standard InChI is InChI=1S/C22H23N5O3S/c23-6-9-30-18-3-1-2-15(10-18)14-27(7-8-28)22(29)21-26-19-5-4-16(11-20(19)31-21)17-12-24-25-13-17/h1-5,10-13,28H,6-9,14,23H2,(H,24,25). The molecule has 1 amide bonds. The molecule has 160 valence electrons. The van der Waals surface area contributed by atoms with Gasteiger partial charge < -0.3 is 20.5 Å². The SMILES string of the molecule is NCCOc1cccc(CN(CCO)C(=O)c2nc3ccc(-c4cn[nH]c4)cc3s2)c1. The first kappa shape index (κ1) is 21.0. The van der Waals surface area contributed by atoms with Gasteiger partial charge in [-0.05, 0) is 35.4 Å². The Morgan fingerprint density at radius 3 is 2.90 bits per heavy atom. The van der Waals surface area contributed by atoms with Crippen molar-refractivity contribution in [3.8, 4) is 16.9 Å². The van der Waals surface area contributed by atoms with E-state index >= 15 is 0 Å². The van der Waals surface area contributed by atoms with Crippen LogP contribution in [0.15, 0.2) is 54.9 Å². The molecule has 2 aromatic heterocycles. The number of nitrogens with two attached hydrogens (primary N) is 1.